The second-order valence-electron chi connectivity index (χ2n) is 5.37. The fourth-order valence-electron chi connectivity index (χ4n) is 2.18. The Balaban J connectivity index is 4.93. The van der Waals surface area contributed by atoms with Crippen molar-refractivity contribution in [3.63, 3.8) is 0 Å². The van der Waals surface area contributed by atoms with Crippen molar-refractivity contribution in [3.8, 4) is 0 Å². The van der Waals surface area contributed by atoms with Gasteiger partial charge in [-0.15, -0.1) is 0 Å². The minimum absolute atomic E-state index is 0.334. The third-order valence-corrected chi connectivity index (χ3v) is 10.2. The molecule has 0 aliphatic rings. The van der Waals surface area contributed by atoms with Crippen molar-refractivity contribution in [3.05, 3.63) is 12.7 Å². The molecule has 0 amide bonds. The molecule has 0 aromatic carbocycles. The molecule has 0 aliphatic heterocycles. The van der Waals surface area contributed by atoms with E-state index in [9.17, 15) is 3.32 Å². The Morgan fingerprint density at radius 1 is 0.947 bits per heavy atom. The quantitative estimate of drug-likeness (QED) is 0.263. The average Bonchev–Trinajstić information content (AvgIpc) is 2.42. The second kappa shape index (κ2) is 9.98. The van der Waals surface area contributed by atoms with Crippen molar-refractivity contribution in [2.45, 2.75) is 68.7 Å². The van der Waals surface area contributed by atoms with Gasteiger partial charge in [-0.3, -0.25) is 0 Å². The molecule has 0 radical (unpaired) electrons. The van der Waals surface area contributed by atoms with Crippen molar-refractivity contribution in [1.29, 1.82) is 0 Å². The molecule has 0 aliphatic carbocycles. The normalized spacial score (nSPS) is 12.6. The van der Waals surface area contributed by atoms with Crippen LogP contribution < -0.4 is 0 Å². The summed E-state index contributed by atoms with van der Waals surface area (Å²) in [6, 6.07) is 0. The molecule has 0 spiro atoms. The Morgan fingerprint density at radius 2 is 1.47 bits per heavy atom. The molecule has 19 heavy (non-hydrogen) atoms. The van der Waals surface area contributed by atoms with Gasteiger partial charge in [0.2, 0.25) is 0 Å². The monoisotopic (exact) mass is 308 g/mol. The zero-order valence-corrected chi connectivity index (χ0v) is 14.6. The van der Waals surface area contributed by atoms with Crippen LogP contribution in [0.2, 0.25) is 9.45 Å². The summed E-state index contributed by atoms with van der Waals surface area (Å²) in [6.07, 6.45) is 7.51. The summed E-state index contributed by atoms with van der Waals surface area (Å²) < 4.78 is 26.5. The van der Waals surface area contributed by atoms with Crippen LogP contribution in [0.4, 0.5) is 0 Å². The van der Waals surface area contributed by atoms with Gasteiger partial charge in [-0.2, -0.15) is 0 Å². The average molecular weight is 308 g/mol. The van der Waals surface area contributed by atoms with Crippen LogP contribution in [0.3, 0.4) is 0 Å². The molecular weight excluding hydrogens is 276 g/mol. The summed E-state index contributed by atoms with van der Waals surface area (Å²) in [6.45, 7) is 10.9. The number of hydrogen-bond acceptors (Lipinski definition) is 3. The summed E-state index contributed by atoms with van der Waals surface area (Å²) in [5.41, 5.74) is 0. The van der Waals surface area contributed by atoms with E-state index in [0.29, 0.717) is 22.7 Å². The molecule has 0 fully saturated rings. The van der Waals surface area contributed by atoms with Crippen molar-refractivity contribution in [2.75, 3.05) is 13.2 Å². The van der Waals surface area contributed by atoms with E-state index in [1.54, 1.807) is 6.08 Å². The number of hydrogen-bond donors (Lipinski definition) is 0. The molecule has 0 atom stereocenters. The molecule has 0 unspecified atom stereocenters. The van der Waals surface area contributed by atoms with E-state index in [-0.39, 0.29) is 0 Å². The second-order valence-corrected chi connectivity index (χ2v) is 12.1. The van der Waals surface area contributed by atoms with Crippen molar-refractivity contribution in [1.82, 2.24) is 0 Å². The van der Waals surface area contributed by atoms with Crippen LogP contribution in [-0.4, -0.2) is 13.2 Å². The summed E-state index contributed by atoms with van der Waals surface area (Å²) in [5.74, 6) is 0. The fraction of sp³-hybridized carbons (Fsp3) is 0.867. The summed E-state index contributed by atoms with van der Waals surface area (Å²) in [5, 5.41) is 0. The van der Waals surface area contributed by atoms with Crippen LogP contribution in [0.1, 0.15) is 59.3 Å². The molecule has 3 nitrogen and oxygen atoms in total. The third-order valence-electron chi connectivity index (χ3n) is 3.47. The van der Waals surface area contributed by atoms with Crippen molar-refractivity contribution in [2.24, 2.45) is 0 Å². The van der Waals surface area contributed by atoms with Crippen LogP contribution in [0.25, 0.3) is 0 Å². The van der Waals surface area contributed by atoms with E-state index in [1.807, 2.05) is 0 Å². The van der Waals surface area contributed by atoms with Gasteiger partial charge in [-0.25, -0.2) is 0 Å². The van der Waals surface area contributed by atoms with E-state index >= 15 is 0 Å². The first kappa shape index (κ1) is 19.2. The zero-order valence-electron chi connectivity index (χ0n) is 13.1. The van der Waals surface area contributed by atoms with Gasteiger partial charge in [0.15, 0.2) is 0 Å². The molecular formula is C15H32O3Ti. The Morgan fingerprint density at radius 3 is 1.89 bits per heavy atom. The molecule has 0 aromatic rings. The first-order valence-electron chi connectivity index (χ1n) is 7.83. The van der Waals surface area contributed by atoms with Gasteiger partial charge in [0.25, 0.3) is 0 Å². The van der Waals surface area contributed by atoms with Crippen molar-refractivity contribution < 1.29 is 26.0 Å². The SMILES string of the molecule is C=CC[O][Ti](=[O])([CH2]CCC)([CH2]CCC)[O]CCCC. The molecule has 0 bridgehead atoms. The van der Waals surface area contributed by atoms with E-state index in [2.05, 4.69) is 27.4 Å². The first-order chi connectivity index (χ1) is 9.04. The maximum atomic E-state index is 13.5. The topological polar surface area (TPSA) is 35.5 Å². The Bertz CT molecular complexity index is 288. The Kier molecular flexibility index (Phi) is 10.1. The molecule has 0 saturated carbocycles. The molecule has 0 saturated heterocycles. The zero-order chi connectivity index (χ0) is 14.6. The Labute approximate surface area is 120 Å². The summed E-state index contributed by atoms with van der Waals surface area (Å²) in [7, 11) is 0. The maximum absolute atomic E-state index is 13.5. The molecule has 0 aromatic heterocycles. The molecule has 0 heterocycles. The third kappa shape index (κ3) is 7.50. The molecule has 4 heteroatoms. The summed E-state index contributed by atoms with van der Waals surface area (Å²) in [4.78, 5) is 0. The number of rotatable bonds is 13. The van der Waals surface area contributed by atoms with Crippen LogP contribution in [-0.2, 0) is 26.0 Å². The van der Waals surface area contributed by atoms with Gasteiger partial charge in [-0.05, 0) is 0 Å². The van der Waals surface area contributed by atoms with Gasteiger partial charge >= 0.3 is 121 Å². The van der Waals surface area contributed by atoms with Gasteiger partial charge in [0.05, 0.1) is 0 Å². The fourth-order valence-corrected chi connectivity index (χ4v) is 8.54. The first-order valence-corrected chi connectivity index (χ1v) is 12.0. The van der Waals surface area contributed by atoms with Crippen LogP contribution in [0.5, 0.6) is 0 Å². The van der Waals surface area contributed by atoms with E-state index in [4.69, 9.17) is 6.64 Å². The van der Waals surface area contributed by atoms with Gasteiger partial charge in [-0.1, -0.05) is 0 Å². The molecule has 0 N–H and O–H groups in total. The van der Waals surface area contributed by atoms with E-state index < -0.39 is 16.1 Å². The number of unbranched alkanes of at least 4 members (excludes halogenated alkanes) is 3. The van der Waals surface area contributed by atoms with E-state index in [0.717, 1.165) is 38.5 Å². The predicted molar refractivity (Wildman–Crippen MR) is 77.1 cm³/mol. The van der Waals surface area contributed by atoms with Gasteiger partial charge in [0.1, 0.15) is 0 Å². The summed E-state index contributed by atoms with van der Waals surface area (Å²) >= 11 is -4.47. The van der Waals surface area contributed by atoms with Crippen LogP contribution in [0, 0.1) is 0 Å². The predicted octanol–water partition coefficient (Wildman–Crippen LogP) is 5.31. The minimum atomic E-state index is -4.47. The molecule has 0 rings (SSSR count). The molecule has 114 valence electrons. The standard InChI is InChI=1S/C4H9O.2C4H9.C3H5O.O.Ti/c1-2-3-4-5;2*1-3-4-2;1-2-3-4;;/h2-4H2,1H3;2*1,3-4H2,2H3;2H,1,3H2;;/q-1;;;-1;;+2. The Hall–Kier alpha value is 0.174. The van der Waals surface area contributed by atoms with Crippen molar-refractivity contribution >= 4 is 0 Å². The van der Waals surface area contributed by atoms with Gasteiger partial charge in [0, 0.05) is 0 Å². The van der Waals surface area contributed by atoms with E-state index in [1.165, 1.54) is 0 Å². The van der Waals surface area contributed by atoms with Gasteiger partial charge < -0.3 is 0 Å². The van der Waals surface area contributed by atoms with Crippen LogP contribution >= 0.6 is 0 Å². The van der Waals surface area contributed by atoms with Crippen LogP contribution in [0.15, 0.2) is 12.7 Å².